The van der Waals surface area contributed by atoms with Gasteiger partial charge in [-0.3, -0.25) is 9.13 Å². The summed E-state index contributed by atoms with van der Waals surface area (Å²) in [6, 6.07) is 7.48. The van der Waals surface area contributed by atoms with E-state index in [1.165, 1.54) is 28.4 Å². The van der Waals surface area contributed by atoms with E-state index < -0.39 is 26.6 Å². The van der Waals surface area contributed by atoms with Gasteiger partial charge >= 0.3 is 15.2 Å². The maximum absolute atomic E-state index is 13.0. The van der Waals surface area contributed by atoms with Crippen molar-refractivity contribution >= 4 is 20.9 Å². The van der Waals surface area contributed by atoms with E-state index in [0.717, 1.165) is 11.3 Å². The Morgan fingerprint density at radius 2 is 1.48 bits per heavy atom. The molecule has 0 bridgehead atoms. The predicted octanol–water partition coefficient (Wildman–Crippen LogP) is 3.87. The molecule has 9 heteroatoms. The van der Waals surface area contributed by atoms with Crippen LogP contribution in [0.2, 0.25) is 0 Å². The highest BCUT2D eigenvalue weighted by Crippen LogP contribution is 2.68. The zero-order valence-electron chi connectivity index (χ0n) is 14.0. The number of fused-ring (bicyclic) bond motifs is 1. The minimum atomic E-state index is -3.40. The summed E-state index contributed by atoms with van der Waals surface area (Å²) in [5, 5.41) is 0. The van der Waals surface area contributed by atoms with Crippen molar-refractivity contribution in [2.45, 2.75) is 17.9 Å². The number of rotatable bonds is 6. The molecule has 0 spiro atoms. The highest BCUT2D eigenvalue weighted by atomic mass is 31.2. The number of nitrogens with zero attached hydrogens (tertiary/aromatic N) is 1. The molecule has 1 heterocycles. The molecule has 130 valence electrons. The lowest BCUT2D eigenvalue weighted by Crippen LogP contribution is -2.38. The lowest BCUT2D eigenvalue weighted by molar-refractivity contribution is 0.250. The van der Waals surface area contributed by atoms with E-state index in [4.69, 9.17) is 18.1 Å². The van der Waals surface area contributed by atoms with Crippen molar-refractivity contribution in [3.8, 4) is 0 Å². The van der Waals surface area contributed by atoms with Crippen molar-refractivity contribution in [2.24, 2.45) is 0 Å². The molecule has 2 atom stereocenters. The van der Waals surface area contributed by atoms with Crippen LogP contribution in [-0.4, -0.2) is 41.3 Å². The highest BCUT2D eigenvalue weighted by molar-refractivity contribution is 7.55. The molecule has 0 N–H and O–H groups in total. The Balaban J connectivity index is 2.59. The predicted molar refractivity (Wildman–Crippen MR) is 89.2 cm³/mol. The molecule has 0 saturated carbocycles. The monoisotopic (exact) mass is 363 g/mol. The quantitative estimate of drug-likeness (QED) is 0.710. The van der Waals surface area contributed by atoms with E-state index in [1.807, 2.05) is 36.2 Å². The molecular weight excluding hydrogens is 340 g/mol. The first-order chi connectivity index (χ1) is 10.9. The lowest BCUT2D eigenvalue weighted by atomic mass is 10.0. The van der Waals surface area contributed by atoms with Crippen LogP contribution in [0.4, 0.5) is 5.69 Å². The molecule has 1 aliphatic rings. The number of hydrogen-bond donors (Lipinski definition) is 0. The molecule has 2 unspecified atom stereocenters. The first-order valence-electron chi connectivity index (χ1n) is 7.11. The van der Waals surface area contributed by atoms with E-state index >= 15 is 0 Å². The Bertz CT molecular complexity index is 636. The van der Waals surface area contributed by atoms with Gasteiger partial charge in [0.2, 0.25) is 0 Å². The summed E-state index contributed by atoms with van der Waals surface area (Å²) in [6.07, 6.45) is 0.269. The van der Waals surface area contributed by atoms with Crippen LogP contribution in [0.5, 0.6) is 0 Å². The largest absolute Gasteiger partial charge is 0.360 e. The first kappa shape index (κ1) is 18.7. The SMILES string of the molecule is COP(=O)(OC)C1CC(P(=O)(OC)OC)N(C)c2ccccc21. The number of anilines is 1. The molecule has 1 aromatic carbocycles. The fourth-order valence-electron chi connectivity index (χ4n) is 3.02. The molecule has 23 heavy (non-hydrogen) atoms. The van der Waals surface area contributed by atoms with Gasteiger partial charge in [-0.2, -0.15) is 0 Å². The molecular formula is C14H23NO6P2. The standard InChI is InChI=1S/C14H23NO6P2/c1-15-12-9-7-6-8-11(12)13(22(16,18-2)19-3)10-14(15)23(17,20-4)21-5/h6-9,13-14H,10H2,1-5H3. The molecule has 1 aliphatic heterocycles. The maximum atomic E-state index is 13.0. The van der Waals surface area contributed by atoms with E-state index in [9.17, 15) is 9.13 Å². The number of hydrogen-bond acceptors (Lipinski definition) is 7. The summed E-state index contributed by atoms with van der Waals surface area (Å²) < 4.78 is 46.6. The molecule has 0 amide bonds. The molecule has 0 aromatic heterocycles. The second kappa shape index (κ2) is 7.06. The van der Waals surface area contributed by atoms with Gasteiger partial charge in [0.25, 0.3) is 0 Å². The van der Waals surface area contributed by atoms with Crippen LogP contribution in [0, 0.1) is 0 Å². The van der Waals surface area contributed by atoms with Crippen LogP contribution >= 0.6 is 15.2 Å². The van der Waals surface area contributed by atoms with Gasteiger partial charge in [-0.15, -0.1) is 0 Å². The van der Waals surface area contributed by atoms with Gasteiger partial charge in [0.1, 0.15) is 5.78 Å². The zero-order chi connectivity index (χ0) is 17.3. The van der Waals surface area contributed by atoms with Crippen LogP contribution in [0.25, 0.3) is 0 Å². The minimum absolute atomic E-state index is 0.269. The Morgan fingerprint density at radius 3 is 2.00 bits per heavy atom. The van der Waals surface area contributed by atoms with Crippen molar-refractivity contribution in [1.29, 1.82) is 0 Å². The van der Waals surface area contributed by atoms with Gasteiger partial charge in [0, 0.05) is 41.2 Å². The molecule has 7 nitrogen and oxygen atoms in total. The molecule has 1 aromatic rings. The van der Waals surface area contributed by atoms with E-state index in [1.54, 1.807) is 0 Å². The van der Waals surface area contributed by atoms with Crippen molar-refractivity contribution in [3.05, 3.63) is 29.8 Å². The third kappa shape index (κ3) is 3.14. The summed E-state index contributed by atoms with van der Waals surface area (Å²) in [6.45, 7) is 0. The summed E-state index contributed by atoms with van der Waals surface area (Å²) >= 11 is 0. The van der Waals surface area contributed by atoms with Crippen molar-refractivity contribution in [3.63, 3.8) is 0 Å². The normalized spacial score (nSPS) is 22.0. The Morgan fingerprint density at radius 1 is 0.957 bits per heavy atom. The maximum Gasteiger partial charge on any atom is 0.352 e. The summed E-state index contributed by atoms with van der Waals surface area (Å²) in [5.41, 5.74) is 1.09. The smallest absolute Gasteiger partial charge is 0.352 e. The summed E-state index contributed by atoms with van der Waals surface area (Å²) in [5.74, 6) is -0.587. The van der Waals surface area contributed by atoms with E-state index in [2.05, 4.69) is 0 Å². The second-order valence-electron chi connectivity index (χ2n) is 5.21. The zero-order valence-corrected chi connectivity index (χ0v) is 15.8. The van der Waals surface area contributed by atoms with Gasteiger partial charge in [-0.25, -0.2) is 0 Å². The van der Waals surface area contributed by atoms with Crippen molar-refractivity contribution in [1.82, 2.24) is 0 Å². The summed E-state index contributed by atoms with van der Waals surface area (Å²) in [4.78, 5) is 1.84. The third-order valence-electron chi connectivity index (χ3n) is 4.32. The Hall–Kier alpha value is -0.680. The molecule has 0 aliphatic carbocycles. The fraction of sp³-hybridized carbons (Fsp3) is 0.571. The van der Waals surface area contributed by atoms with Crippen LogP contribution in [-0.2, 0) is 27.2 Å². The highest BCUT2D eigenvalue weighted by Gasteiger charge is 2.49. The van der Waals surface area contributed by atoms with Gasteiger partial charge in [-0.05, 0) is 18.1 Å². The molecule has 2 rings (SSSR count). The van der Waals surface area contributed by atoms with Gasteiger partial charge in [-0.1, -0.05) is 18.2 Å². The Labute approximate surface area is 136 Å². The molecule has 0 radical (unpaired) electrons. The van der Waals surface area contributed by atoms with Gasteiger partial charge in [0.05, 0.1) is 5.66 Å². The van der Waals surface area contributed by atoms with Crippen LogP contribution in [0.3, 0.4) is 0 Å². The Kier molecular flexibility index (Phi) is 5.72. The van der Waals surface area contributed by atoms with E-state index in [-0.39, 0.29) is 6.42 Å². The molecule has 0 saturated heterocycles. The fourth-order valence-corrected chi connectivity index (χ4v) is 6.52. The minimum Gasteiger partial charge on any atom is -0.360 e. The van der Waals surface area contributed by atoms with E-state index in [0.29, 0.717) is 0 Å². The number of benzene rings is 1. The van der Waals surface area contributed by atoms with Crippen LogP contribution in [0.15, 0.2) is 24.3 Å². The van der Waals surface area contributed by atoms with Crippen molar-refractivity contribution in [2.75, 3.05) is 40.4 Å². The average molecular weight is 363 g/mol. The lowest BCUT2D eigenvalue weighted by Gasteiger charge is -2.42. The van der Waals surface area contributed by atoms with Gasteiger partial charge in [0.15, 0.2) is 0 Å². The van der Waals surface area contributed by atoms with Crippen LogP contribution in [0.1, 0.15) is 17.6 Å². The molecule has 0 fully saturated rings. The topological polar surface area (TPSA) is 74.3 Å². The first-order valence-corrected chi connectivity index (χ1v) is 10.3. The third-order valence-corrected chi connectivity index (χ3v) is 8.90. The van der Waals surface area contributed by atoms with Crippen LogP contribution < -0.4 is 4.90 Å². The van der Waals surface area contributed by atoms with Crippen molar-refractivity contribution < 1.29 is 27.2 Å². The second-order valence-corrected chi connectivity index (χ2v) is 10.1. The van der Waals surface area contributed by atoms with Gasteiger partial charge < -0.3 is 23.0 Å². The number of para-hydroxylation sites is 1. The average Bonchev–Trinajstić information content (AvgIpc) is 2.61. The summed E-state index contributed by atoms with van der Waals surface area (Å²) in [7, 11) is 0.411.